The molecule has 22 heavy (non-hydrogen) atoms. The monoisotopic (exact) mass is 335 g/mol. The number of pyridine rings is 1. The van der Waals surface area contributed by atoms with Crippen LogP contribution in [0.15, 0.2) is 34.6 Å². The summed E-state index contributed by atoms with van der Waals surface area (Å²) in [6, 6.07) is 6.96. The lowest BCUT2D eigenvalue weighted by molar-refractivity contribution is 0.103. The molecule has 0 bridgehead atoms. The molecular formula is C17H15Cl2NO2. The van der Waals surface area contributed by atoms with E-state index in [0.29, 0.717) is 26.7 Å². The number of aromatic amines is 1. The van der Waals surface area contributed by atoms with Crippen molar-refractivity contribution in [1.29, 1.82) is 0 Å². The first kappa shape index (κ1) is 16.5. The molecule has 0 aliphatic carbocycles. The molecule has 3 nitrogen and oxygen atoms in total. The first-order valence-corrected chi connectivity index (χ1v) is 7.44. The maximum atomic E-state index is 12.5. The van der Waals surface area contributed by atoms with Crippen molar-refractivity contribution in [1.82, 2.24) is 4.98 Å². The minimum Gasteiger partial charge on any atom is -0.326 e. The van der Waals surface area contributed by atoms with E-state index in [1.165, 1.54) is 0 Å². The summed E-state index contributed by atoms with van der Waals surface area (Å²) in [5, 5.41) is 0.797. The maximum Gasteiger partial charge on any atom is 0.259 e. The molecule has 1 N–H and O–H groups in total. The van der Waals surface area contributed by atoms with E-state index in [9.17, 15) is 9.59 Å². The van der Waals surface area contributed by atoms with Gasteiger partial charge in [0.2, 0.25) is 0 Å². The van der Waals surface area contributed by atoms with E-state index in [-0.39, 0.29) is 16.9 Å². The zero-order valence-corrected chi connectivity index (χ0v) is 14.0. The van der Waals surface area contributed by atoms with Crippen molar-refractivity contribution in [2.45, 2.75) is 20.8 Å². The van der Waals surface area contributed by atoms with E-state index in [0.717, 1.165) is 5.69 Å². The van der Waals surface area contributed by atoms with Crippen molar-refractivity contribution in [3.05, 3.63) is 72.6 Å². The summed E-state index contributed by atoms with van der Waals surface area (Å²) in [7, 11) is 0. The summed E-state index contributed by atoms with van der Waals surface area (Å²) in [5.74, 6) is -0.324. The Morgan fingerprint density at radius 2 is 1.91 bits per heavy atom. The highest BCUT2D eigenvalue weighted by Gasteiger charge is 2.16. The summed E-state index contributed by atoms with van der Waals surface area (Å²) >= 11 is 12.1. The molecule has 1 heterocycles. The van der Waals surface area contributed by atoms with Gasteiger partial charge in [-0.25, -0.2) is 0 Å². The van der Waals surface area contributed by atoms with Crippen molar-refractivity contribution in [3.8, 4) is 0 Å². The lowest BCUT2D eigenvalue weighted by atomic mass is 9.99. The summed E-state index contributed by atoms with van der Waals surface area (Å²) in [4.78, 5) is 27.2. The van der Waals surface area contributed by atoms with Gasteiger partial charge >= 0.3 is 0 Å². The fourth-order valence-electron chi connectivity index (χ4n) is 2.26. The molecule has 0 fully saturated rings. The van der Waals surface area contributed by atoms with Crippen LogP contribution in [0, 0.1) is 13.8 Å². The third-order valence-electron chi connectivity index (χ3n) is 3.30. The lowest BCUT2D eigenvalue weighted by Crippen LogP contribution is -2.21. The quantitative estimate of drug-likeness (QED) is 0.659. The Bertz CT molecular complexity index is 835. The van der Waals surface area contributed by atoms with Gasteiger partial charge in [-0.2, -0.15) is 0 Å². The average molecular weight is 336 g/mol. The minimum atomic E-state index is -0.382. The second kappa shape index (κ2) is 6.51. The number of allylic oxidation sites excluding steroid dienone is 1. The zero-order valence-electron chi connectivity index (χ0n) is 12.5. The Labute approximate surface area is 138 Å². The zero-order chi connectivity index (χ0) is 16.4. The molecule has 0 atom stereocenters. The highest BCUT2D eigenvalue weighted by Crippen LogP contribution is 2.27. The van der Waals surface area contributed by atoms with Gasteiger partial charge in [0, 0.05) is 5.69 Å². The number of rotatable bonds is 3. The number of carbonyl (C=O) groups is 1. The fourth-order valence-corrected chi connectivity index (χ4v) is 2.63. The lowest BCUT2D eigenvalue weighted by Gasteiger charge is -2.07. The Morgan fingerprint density at radius 3 is 2.55 bits per heavy atom. The van der Waals surface area contributed by atoms with Crippen LogP contribution in [0.5, 0.6) is 0 Å². The molecule has 0 saturated carbocycles. The predicted molar refractivity (Wildman–Crippen MR) is 91.0 cm³/mol. The molecule has 2 rings (SSSR count). The number of hydrogen-bond acceptors (Lipinski definition) is 2. The molecule has 0 amide bonds. The number of benzene rings is 1. The van der Waals surface area contributed by atoms with Gasteiger partial charge in [-0.05, 0) is 55.7 Å². The van der Waals surface area contributed by atoms with Crippen molar-refractivity contribution >= 4 is 35.1 Å². The molecule has 5 heteroatoms. The van der Waals surface area contributed by atoms with Gasteiger partial charge in [0.25, 0.3) is 5.56 Å². The van der Waals surface area contributed by atoms with Crippen LogP contribution >= 0.6 is 23.2 Å². The fraction of sp³-hybridized carbons (Fsp3) is 0.176. The molecule has 0 radical (unpaired) electrons. The smallest absolute Gasteiger partial charge is 0.259 e. The normalized spacial score (nSPS) is 11.6. The Hall–Kier alpha value is -1.84. The van der Waals surface area contributed by atoms with E-state index in [4.69, 9.17) is 23.2 Å². The van der Waals surface area contributed by atoms with Gasteiger partial charge < -0.3 is 4.98 Å². The number of halogens is 2. The third kappa shape index (κ3) is 3.32. The van der Waals surface area contributed by atoms with Gasteiger partial charge in [0.1, 0.15) is 0 Å². The number of nitrogens with one attached hydrogen (secondary N) is 1. The summed E-state index contributed by atoms with van der Waals surface area (Å²) < 4.78 is 0. The Morgan fingerprint density at radius 1 is 1.23 bits per heavy atom. The molecule has 0 aliphatic heterocycles. The number of carbonyl (C=O) groups excluding carboxylic acids is 1. The second-order valence-electron chi connectivity index (χ2n) is 5.14. The van der Waals surface area contributed by atoms with Crippen molar-refractivity contribution < 1.29 is 4.79 Å². The van der Waals surface area contributed by atoms with Gasteiger partial charge in [-0.15, -0.1) is 0 Å². The standard InChI is InChI=1S/C17H15Cl2NO2/c1-9-7-11(3)20-17(22)14(9)16(21)10(2)8-12-5-4-6-13(18)15(12)19/h4-8H,1-3H3,(H,20,22). The highest BCUT2D eigenvalue weighted by atomic mass is 35.5. The summed E-state index contributed by atoms with van der Waals surface area (Å²) in [6.45, 7) is 5.17. The van der Waals surface area contributed by atoms with Gasteiger partial charge in [0.15, 0.2) is 5.78 Å². The van der Waals surface area contributed by atoms with Gasteiger partial charge in [-0.1, -0.05) is 35.3 Å². The van der Waals surface area contributed by atoms with E-state index >= 15 is 0 Å². The number of ketones is 1. The van der Waals surface area contributed by atoms with Crippen LogP contribution in [-0.4, -0.2) is 10.8 Å². The molecule has 2 aromatic rings. The van der Waals surface area contributed by atoms with Crippen LogP contribution in [0.2, 0.25) is 10.0 Å². The third-order valence-corrected chi connectivity index (χ3v) is 4.14. The molecule has 0 unspecified atom stereocenters. The molecule has 1 aromatic heterocycles. The number of aryl methyl sites for hydroxylation is 2. The average Bonchev–Trinajstić information content (AvgIpc) is 2.42. The number of H-pyrrole nitrogens is 1. The minimum absolute atomic E-state index is 0.150. The molecule has 0 aliphatic rings. The van der Waals surface area contributed by atoms with E-state index in [1.807, 2.05) is 0 Å². The van der Waals surface area contributed by atoms with Gasteiger partial charge in [-0.3, -0.25) is 9.59 Å². The largest absolute Gasteiger partial charge is 0.326 e. The Kier molecular flexibility index (Phi) is 4.89. The molecule has 0 spiro atoms. The molecule has 114 valence electrons. The first-order chi connectivity index (χ1) is 10.3. The van der Waals surface area contributed by atoms with Crippen molar-refractivity contribution in [2.75, 3.05) is 0 Å². The number of aromatic nitrogens is 1. The van der Waals surface area contributed by atoms with Crippen LogP contribution < -0.4 is 5.56 Å². The first-order valence-electron chi connectivity index (χ1n) is 6.68. The Balaban J connectivity index is 2.48. The van der Waals surface area contributed by atoms with Crippen LogP contribution in [-0.2, 0) is 0 Å². The molecular weight excluding hydrogens is 321 g/mol. The van der Waals surface area contributed by atoms with E-state index < -0.39 is 0 Å². The maximum absolute atomic E-state index is 12.5. The summed E-state index contributed by atoms with van der Waals surface area (Å²) in [6.07, 6.45) is 1.63. The van der Waals surface area contributed by atoms with Crippen LogP contribution in [0.3, 0.4) is 0 Å². The van der Waals surface area contributed by atoms with E-state index in [2.05, 4.69) is 4.98 Å². The second-order valence-corrected chi connectivity index (χ2v) is 5.92. The topological polar surface area (TPSA) is 49.9 Å². The number of hydrogen-bond donors (Lipinski definition) is 1. The van der Waals surface area contributed by atoms with Crippen LogP contribution in [0.4, 0.5) is 0 Å². The van der Waals surface area contributed by atoms with Crippen molar-refractivity contribution in [2.24, 2.45) is 0 Å². The van der Waals surface area contributed by atoms with Crippen LogP contribution in [0.1, 0.15) is 34.1 Å². The van der Waals surface area contributed by atoms with Crippen molar-refractivity contribution in [3.63, 3.8) is 0 Å². The van der Waals surface area contributed by atoms with Gasteiger partial charge in [0.05, 0.1) is 15.6 Å². The molecule has 1 aromatic carbocycles. The SMILES string of the molecule is CC(=Cc1cccc(Cl)c1Cl)C(=O)c1c(C)cc(C)[nH]c1=O. The van der Waals surface area contributed by atoms with E-state index in [1.54, 1.807) is 51.1 Å². The summed E-state index contributed by atoms with van der Waals surface area (Å²) in [5.41, 5.74) is 2.20. The highest BCUT2D eigenvalue weighted by molar-refractivity contribution is 6.43. The number of Topliss-reactive ketones (excluding diaryl/α,β-unsaturated/α-hetero) is 1. The van der Waals surface area contributed by atoms with Crippen LogP contribution in [0.25, 0.3) is 6.08 Å². The predicted octanol–water partition coefficient (Wildman–Crippen LogP) is 4.58. The molecule has 0 saturated heterocycles.